The second-order valence-corrected chi connectivity index (χ2v) is 15.4. The minimum atomic E-state index is -1.10. The molecule has 3 aromatic heterocycles. The largest absolute Gasteiger partial charge is 0.361 e. The zero-order chi connectivity index (χ0) is 23.4. The van der Waals surface area contributed by atoms with Crippen LogP contribution in [-0.2, 0) is 11.5 Å². The maximum Gasteiger partial charge on any atom is 0.205 e. The van der Waals surface area contributed by atoms with Crippen molar-refractivity contribution in [2.75, 3.05) is 36.0 Å². The highest BCUT2D eigenvalue weighted by Crippen LogP contribution is 2.30. The van der Waals surface area contributed by atoms with E-state index in [1.807, 2.05) is 18.3 Å². The summed E-state index contributed by atoms with van der Waals surface area (Å²) in [4.78, 5) is 21.8. The predicted octanol–water partition coefficient (Wildman–Crippen LogP) is 4.79. The van der Waals surface area contributed by atoms with Crippen LogP contribution in [0.1, 0.15) is 13.3 Å². The third-order valence-electron chi connectivity index (χ3n) is 6.16. The van der Waals surface area contributed by atoms with Gasteiger partial charge in [0.2, 0.25) is 5.69 Å². The topological polar surface area (TPSA) is 63.7 Å². The summed E-state index contributed by atoms with van der Waals surface area (Å²) < 4.78 is 8.02. The van der Waals surface area contributed by atoms with Gasteiger partial charge in [0.1, 0.15) is 30.3 Å². The molecular formula is C24H33N7OSi. The van der Waals surface area contributed by atoms with E-state index >= 15 is 0 Å². The van der Waals surface area contributed by atoms with Gasteiger partial charge in [-0.3, -0.25) is 4.98 Å². The van der Waals surface area contributed by atoms with Crippen molar-refractivity contribution in [2.45, 2.75) is 51.8 Å². The average Bonchev–Trinajstić information content (AvgIpc) is 3.45. The molecule has 1 aliphatic rings. The molecule has 4 heterocycles. The first kappa shape index (κ1) is 23.2. The molecule has 0 aliphatic carbocycles. The highest BCUT2D eigenvalue weighted by molar-refractivity contribution is 6.76. The molecule has 1 fully saturated rings. The van der Waals surface area contributed by atoms with Gasteiger partial charge in [0.25, 0.3) is 0 Å². The highest BCUT2D eigenvalue weighted by atomic mass is 28.3. The van der Waals surface area contributed by atoms with E-state index in [9.17, 15) is 0 Å². The standard InChI is InChI=1S/C24H33N7OSi/c1-6-31(22-8-7-19(25-2)15-26-22)20-9-11-29(16-20)23-21-10-12-30(24(21)28-17-27-23)18-32-13-14-33(3,4)5/h7-8,10,12,15,17,20H,6,9,11,13-14,16,18H2,1,3-5H3/t20-/m1/s1. The van der Waals surface area contributed by atoms with Gasteiger partial charge in [-0.15, -0.1) is 0 Å². The zero-order valence-electron chi connectivity index (χ0n) is 20.0. The molecule has 4 rings (SSSR count). The van der Waals surface area contributed by atoms with Crippen LogP contribution < -0.4 is 9.80 Å². The summed E-state index contributed by atoms with van der Waals surface area (Å²) in [6.07, 6.45) is 6.39. The Morgan fingerprint density at radius 3 is 2.76 bits per heavy atom. The van der Waals surface area contributed by atoms with Crippen LogP contribution in [0.15, 0.2) is 36.9 Å². The second kappa shape index (κ2) is 9.89. The Kier molecular flexibility index (Phi) is 6.96. The van der Waals surface area contributed by atoms with Crippen LogP contribution in [0, 0.1) is 6.57 Å². The molecule has 1 saturated heterocycles. The number of ether oxygens (including phenoxy) is 1. The third-order valence-corrected chi connectivity index (χ3v) is 7.87. The zero-order valence-corrected chi connectivity index (χ0v) is 21.0. The summed E-state index contributed by atoms with van der Waals surface area (Å²) in [5, 5.41) is 1.06. The van der Waals surface area contributed by atoms with E-state index in [-0.39, 0.29) is 0 Å². The molecule has 1 aliphatic heterocycles. The Morgan fingerprint density at radius 2 is 2.06 bits per heavy atom. The van der Waals surface area contributed by atoms with Crippen molar-refractivity contribution in [3.63, 3.8) is 0 Å². The van der Waals surface area contributed by atoms with Gasteiger partial charge < -0.3 is 19.1 Å². The summed E-state index contributed by atoms with van der Waals surface area (Å²) in [5.41, 5.74) is 1.49. The number of hydrogen-bond donors (Lipinski definition) is 0. The molecule has 0 unspecified atom stereocenters. The average molecular weight is 464 g/mol. The molecular weight excluding hydrogens is 430 g/mol. The van der Waals surface area contributed by atoms with Gasteiger partial charge in [-0.1, -0.05) is 25.7 Å². The number of hydrogen-bond acceptors (Lipinski definition) is 6. The minimum Gasteiger partial charge on any atom is -0.361 e. The smallest absolute Gasteiger partial charge is 0.205 e. The summed E-state index contributed by atoms with van der Waals surface area (Å²) in [5.74, 6) is 1.90. The normalized spacial score (nSPS) is 16.3. The molecule has 33 heavy (non-hydrogen) atoms. The SMILES string of the molecule is [C-]#[N+]c1ccc(N(CC)[C@@H]2CCN(c3ncnc4c3ccn4COCC[Si](C)(C)C)C2)nc1. The van der Waals surface area contributed by atoms with Gasteiger partial charge in [-0.25, -0.2) is 14.8 Å². The van der Waals surface area contributed by atoms with Crippen LogP contribution in [0.4, 0.5) is 17.3 Å². The monoisotopic (exact) mass is 463 g/mol. The van der Waals surface area contributed by atoms with Crippen LogP contribution in [0.5, 0.6) is 0 Å². The molecule has 0 aromatic carbocycles. The Labute approximate surface area is 197 Å². The fraction of sp³-hybridized carbons (Fsp3) is 0.500. The molecule has 3 aromatic rings. The van der Waals surface area contributed by atoms with Crippen molar-refractivity contribution in [3.8, 4) is 0 Å². The lowest BCUT2D eigenvalue weighted by Gasteiger charge is -2.29. The Hall–Kier alpha value is -2.96. The van der Waals surface area contributed by atoms with Crippen LogP contribution in [0.25, 0.3) is 15.9 Å². The Morgan fingerprint density at radius 1 is 1.21 bits per heavy atom. The number of anilines is 2. The molecule has 0 radical (unpaired) electrons. The lowest BCUT2D eigenvalue weighted by atomic mass is 10.2. The number of rotatable bonds is 9. The van der Waals surface area contributed by atoms with Crippen LogP contribution in [0.3, 0.4) is 0 Å². The van der Waals surface area contributed by atoms with Gasteiger partial charge in [0, 0.05) is 52.8 Å². The second-order valence-electron chi connectivity index (χ2n) is 9.73. The molecule has 0 N–H and O–H groups in total. The van der Waals surface area contributed by atoms with Gasteiger partial charge in [-0.2, -0.15) is 0 Å². The van der Waals surface area contributed by atoms with E-state index < -0.39 is 8.07 Å². The fourth-order valence-electron chi connectivity index (χ4n) is 4.30. The summed E-state index contributed by atoms with van der Waals surface area (Å²) in [6, 6.07) is 7.39. The molecule has 8 nitrogen and oxygen atoms in total. The quantitative estimate of drug-likeness (QED) is 0.258. The number of fused-ring (bicyclic) bond motifs is 1. The highest BCUT2D eigenvalue weighted by Gasteiger charge is 2.30. The van der Waals surface area contributed by atoms with Crippen molar-refractivity contribution in [1.82, 2.24) is 19.5 Å². The van der Waals surface area contributed by atoms with E-state index in [1.165, 1.54) is 0 Å². The van der Waals surface area contributed by atoms with Crippen molar-refractivity contribution < 1.29 is 4.74 Å². The van der Waals surface area contributed by atoms with E-state index in [0.717, 1.165) is 61.4 Å². The van der Waals surface area contributed by atoms with E-state index in [4.69, 9.17) is 11.3 Å². The summed E-state index contributed by atoms with van der Waals surface area (Å²) >= 11 is 0. The van der Waals surface area contributed by atoms with Crippen molar-refractivity contribution in [2.24, 2.45) is 0 Å². The number of aromatic nitrogens is 4. The van der Waals surface area contributed by atoms with Gasteiger partial charge in [0.15, 0.2) is 0 Å². The summed E-state index contributed by atoms with van der Waals surface area (Å²) in [6.45, 7) is 20.4. The molecule has 9 heteroatoms. The molecule has 0 bridgehead atoms. The molecule has 0 saturated carbocycles. The van der Waals surface area contributed by atoms with Crippen LogP contribution in [0.2, 0.25) is 25.7 Å². The Bertz CT molecular complexity index is 1120. The van der Waals surface area contributed by atoms with E-state index in [0.29, 0.717) is 18.5 Å². The fourth-order valence-corrected chi connectivity index (χ4v) is 5.05. The first-order valence-corrected chi connectivity index (χ1v) is 15.3. The maximum atomic E-state index is 7.14. The molecule has 1 atom stereocenters. The van der Waals surface area contributed by atoms with Crippen molar-refractivity contribution >= 4 is 36.4 Å². The number of nitrogens with zero attached hydrogens (tertiary/aromatic N) is 7. The lowest BCUT2D eigenvalue weighted by Crippen LogP contribution is -2.38. The molecule has 174 valence electrons. The number of likely N-dealkylation sites (N-methyl/N-ethyl adjacent to an activating group) is 1. The molecule has 0 spiro atoms. The Balaban J connectivity index is 1.46. The predicted molar refractivity (Wildman–Crippen MR) is 136 cm³/mol. The van der Waals surface area contributed by atoms with E-state index in [1.54, 1.807) is 12.5 Å². The van der Waals surface area contributed by atoms with Crippen LogP contribution >= 0.6 is 0 Å². The van der Waals surface area contributed by atoms with Gasteiger partial charge in [0.05, 0.1) is 12.0 Å². The summed E-state index contributed by atoms with van der Waals surface area (Å²) in [7, 11) is -1.10. The first-order chi connectivity index (χ1) is 15.9. The molecule has 0 amide bonds. The van der Waals surface area contributed by atoms with Gasteiger partial charge >= 0.3 is 0 Å². The lowest BCUT2D eigenvalue weighted by molar-refractivity contribution is 0.0899. The van der Waals surface area contributed by atoms with Crippen LogP contribution in [-0.4, -0.2) is 59.9 Å². The van der Waals surface area contributed by atoms with Crippen molar-refractivity contribution in [1.29, 1.82) is 0 Å². The third kappa shape index (κ3) is 5.34. The maximum absolute atomic E-state index is 7.14. The van der Waals surface area contributed by atoms with Crippen molar-refractivity contribution in [3.05, 3.63) is 48.3 Å². The first-order valence-electron chi connectivity index (χ1n) is 11.6. The minimum absolute atomic E-state index is 0.346. The van der Waals surface area contributed by atoms with Gasteiger partial charge in [-0.05, 0) is 31.5 Å². The number of pyridine rings is 1. The van der Waals surface area contributed by atoms with E-state index in [2.05, 4.69) is 66.8 Å².